The van der Waals surface area contributed by atoms with Gasteiger partial charge in [0.05, 0.1) is 14.2 Å². The van der Waals surface area contributed by atoms with E-state index in [1.807, 2.05) is 0 Å². The van der Waals surface area contributed by atoms with Crippen LogP contribution in [0, 0.1) is 12.7 Å². The molecule has 0 aliphatic heterocycles. The number of carbonyl (C=O) groups excluding carboxylic acids is 1. The largest absolute Gasteiger partial charge is 0.496 e. The summed E-state index contributed by atoms with van der Waals surface area (Å²) < 4.78 is 22.6. The summed E-state index contributed by atoms with van der Waals surface area (Å²) in [5.74, 6) is -1.13. The van der Waals surface area contributed by atoms with E-state index < -0.39 is 17.9 Å². The number of ether oxygens (including phenoxy) is 2. The molecule has 0 saturated carbocycles. The van der Waals surface area contributed by atoms with E-state index in [2.05, 4.69) is 4.74 Å². The first kappa shape index (κ1) is 12.4. The number of aliphatic hydroxyl groups is 1. The quantitative estimate of drug-likeness (QED) is 0.793. The second kappa shape index (κ2) is 4.94. The van der Waals surface area contributed by atoms with Crippen molar-refractivity contribution >= 4 is 5.97 Å². The summed E-state index contributed by atoms with van der Waals surface area (Å²) in [5, 5.41) is 9.64. The fraction of sp³-hybridized carbons (Fsp3) is 0.364. The van der Waals surface area contributed by atoms with E-state index in [0.717, 1.165) is 7.11 Å². The molecule has 0 radical (unpaired) electrons. The van der Waals surface area contributed by atoms with E-state index in [4.69, 9.17) is 4.74 Å². The van der Waals surface area contributed by atoms with Gasteiger partial charge in [0.2, 0.25) is 0 Å². The normalized spacial score (nSPS) is 12.1. The second-order valence-electron chi connectivity index (χ2n) is 3.22. The van der Waals surface area contributed by atoms with Crippen molar-refractivity contribution in [2.45, 2.75) is 13.0 Å². The monoisotopic (exact) mass is 228 g/mol. The predicted molar refractivity (Wildman–Crippen MR) is 54.7 cm³/mol. The summed E-state index contributed by atoms with van der Waals surface area (Å²) in [6.45, 7) is 1.50. The van der Waals surface area contributed by atoms with Gasteiger partial charge < -0.3 is 14.6 Å². The van der Waals surface area contributed by atoms with Crippen LogP contribution < -0.4 is 4.74 Å². The first-order valence-corrected chi connectivity index (χ1v) is 4.61. The topological polar surface area (TPSA) is 55.8 Å². The van der Waals surface area contributed by atoms with Crippen molar-refractivity contribution in [3.05, 3.63) is 29.1 Å². The van der Waals surface area contributed by atoms with Gasteiger partial charge in [-0.1, -0.05) is 0 Å². The highest BCUT2D eigenvalue weighted by molar-refractivity contribution is 5.77. The summed E-state index contributed by atoms with van der Waals surface area (Å²) in [6, 6.07) is 2.46. The highest BCUT2D eigenvalue weighted by Crippen LogP contribution is 2.30. The first-order chi connectivity index (χ1) is 7.52. The number of rotatable bonds is 3. The van der Waals surface area contributed by atoms with Crippen LogP contribution in [0.1, 0.15) is 17.2 Å². The standard InChI is InChI=1S/C11H13FO4/c1-6-8(12)5-4-7(10(6)15-2)9(13)11(14)16-3/h4-5,9,13H,1-3H3. The summed E-state index contributed by atoms with van der Waals surface area (Å²) in [4.78, 5) is 11.2. The summed E-state index contributed by atoms with van der Waals surface area (Å²) in [7, 11) is 2.50. The predicted octanol–water partition coefficient (Wildman–Crippen LogP) is 1.35. The SMILES string of the molecule is COC(=O)C(O)c1ccc(F)c(C)c1OC. The molecule has 88 valence electrons. The van der Waals surface area contributed by atoms with E-state index in [0.29, 0.717) is 0 Å². The van der Waals surface area contributed by atoms with Gasteiger partial charge in [-0.05, 0) is 19.1 Å². The molecule has 1 rings (SSSR count). The van der Waals surface area contributed by atoms with Gasteiger partial charge in [0.15, 0.2) is 6.10 Å². The lowest BCUT2D eigenvalue weighted by molar-refractivity contribution is -0.150. The zero-order valence-electron chi connectivity index (χ0n) is 9.28. The lowest BCUT2D eigenvalue weighted by Gasteiger charge is -2.15. The highest BCUT2D eigenvalue weighted by atomic mass is 19.1. The molecule has 0 heterocycles. The van der Waals surface area contributed by atoms with Gasteiger partial charge >= 0.3 is 5.97 Å². The van der Waals surface area contributed by atoms with Crippen LogP contribution in [0.2, 0.25) is 0 Å². The van der Waals surface area contributed by atoms with Crippen LogP contribution in [0.5, 0.6) is 5.75 Å². The molecule has 1 aromatic carbocycles. The molecule has 0 amide bonds. The lowest BCUT2D eigenvalue weighted by Crippen LogP contribution is -2.15. The smallest absolute Gasteiger partial charge is 0.339 e. The second-order valence-corrected chi connectivity index (χ2v) is 3.22. The fourth-order valence-electron chi connectivity index (χ4n) is 1.41. The molecular formula is C11H13FO4. The van der Waals surface area contributed by atoms with Crippen LogP contribution in [0.25, 0.3) is 0 Å². The highest BCUT2D eigenvalue weighted by Gasteiger charge is 2.23. The fourth-order valence-corrected chi connectivity index (χ4v) is 1.41. The molecule has 1 aromatic rings. The van der Waals surface area contributed by atoms with E-state index in [1.54, 1.807) is 0 Å². The van der Waals surface area contributed by atoms with Crippen molar-refractivity contribution in [3.8, 4) is 5.75 Å². The minimum absolute atomic E-state index is 0.151. The van der Waals surface area contributed by atoms with Crippen LogP contribution in [-0.4, -0.2) is 25.3 Å². The van der Waals surface area contributed by atoms with Crippen LogP contribution >= 0.6 is 0 Å². The van der Waals surface area contributed by atoms with Gasteiger partial charge in [0.25, 0.3) is 0 Å². The Balaban J connectivity index is 3.23. The maximum atomic E-state index is 13.2. The average Bonchev–Trinajstić information content (AvgIpc) is 2.30. The molecular weight excluding hydrogens is 215 g/mol. The van der Waals surface area contributed by atoms with Gasteiger partial charge in [-0.15, -0.1) is 0 Å². The van der Waals surface area contributed by atoms with Crippen LogP contribution in [0.4, 0.5) is 4.39 Å². The minimum Gasteiger partial charge on any atom is -0.496 e. The van der Waals surface area contributed by atoms with Crippen molar-refractivity contribution in [1.29, 1.82) is 0 Å². The van der Waals surface area contributed by atoms with Crippen molar-refractivity contribution in [2.24, 2.45) is 0 Å². The van der Waals surface area contributed by atoms with Gasteiger partial charge in [-0.3, -0.25) is 0 Å². The Labute approximate surface area is 92.6 Å². The molecule has 1 atom stereocenters. The molecule has 0 saturated heterocycles. The Morgan fingerprint density at radius 1 is 1.44 bits per heavy atom. The van der Waals surface area contributed by atoms with E-state index in [-0.39, 0.29) is 16.9 Å². The average molecular weight is 228 g/mol. The molecule has 1 unspecified atom stereocenters. The number of carbonyl (C=O) groups is 1. The Morgan fingerprint density at radius 2 is 2.06 bits per heavy atom. The van der Waals surface area contributed by atoms with Crippen LogP contribution in [0.15, 0.2) is 12.1 Å². The number of hydrogen-bond donors (Lipinski definition) is 1. The summed E-state index contributed by atoms with van der Waals surface area (Å²) in [6.07, 6.45) is -1.47. The molecule has 16 heavy (non-hydrogen) atoms. The van der Waals surface area contributed by atoms with E-state index in [9.17, 15) is 14.3 Å². The Hall–Kier alpha value is -1.62. The molecule has 0 aromatic heterocycles. The molecule has 4 nitrogen and oxygen atoms in total. The third-order valence-electron chi connectivity index (χ3n) is 2.29. The zero-order valence-corrected chi connectivity index (χ0v) is 9.28. The van der Waals surface area contributed by atoms with Gasteiger partial charge in [-0.2, -0.15) is 0 Å². The summed E-state index contributed by atoms with van der Waals surface area (Å²) >= 11 is 0. The number of hydrogen-bond acceptors (Lipinski definition) is 4. The van der Waals surface area contributed by atoms with Crippen molar-refractivity contribution < 1.29 is 23.8 Å². The summed E-state index contributed by atoms with van der Waals surface area (Å²) in [5.41, 5.74) is 0.427. The minimum atomic E-state index is -1.47. The molecule has 1 N–H and O–H groups in total. The third-order valence-corrected chi connectivity index (χ3v) is 2.29. The Bertz CT molecular complexity index is 403. The van der Waals surface area contributed by atoms with Gasteiger partial charge in [0, 0.05) is 11.1 Å². The number of methoxy groups -OCH3 is 2. The number of aliphatic hydroxyl groups excluding tert-OH is 1. The van der Waals surface area contributed by atoms with E-state index in [1.165, 1.54) is 26.2 Å². The molecule has 0 bridgehead atoms. The van der Waals surface area contributed by atoms with Crippen LogP contribution in [-0.2, 0) is 9.53 Å². The molecule has 0 aliphatic rings. The maximum absolute atomic E-state index is 13.2. The van der Waals surface area contributed by atoms with Gasteiger partial charge in [0.1, 0.15) is 11.6 Å². The number of esters is 1. The van der Waals surface area contributed by atoms with Crippen LogP contribution in [0.3, 0.4) is 0 Å². The Kier molecular flexibility index (Phi) is 3.84. The Morgan fingerprint density at radius 3 is 2.56 bits per heavy atom. The lowest BCUT2D eigenvalue weighted by atomic mass is 10.0. The molecule has 0 fully saturated rings. The first-order valence-electron chi connectivity index (χ1n) is 4.61. The number of benzene rings is 1. The zero-order chi connectivity index (χ0) is 12.3. The van der Waals surface area contributed by atoms with Gasteiger partial charge in [-0.25, -0.2) is 9.18 Å². The molecule has 5 heteroatoms. The maximum Gasteiger partial charge on any atom is 0.339 e. The van der Waals surface area contributed by atoms with Crippen molar-refractivity contribution in [2.75, 3.05) is 14.2 Å². The van der Waals surface area contributed by atoms with Crippen molar-refractivity contribution in [3.63, 3.8) is 0 Å². The molecule has 0 aliphatic carbocycles. The van der Waals surface area contributed by atoms with Crippen molar-refractivity contribution in [1.82, 2.24) is 0 Å². The van der Waals surface area contributed by atoms with E-state index >= 15 is 0 Å². The third kappa shape index (κ3) is 2.14. The number of halogens is 1. The molecule has 0 spiro atoms.